The summed E-state index contributed by atoms with van der Waals surface area (Å²) in [5, 5.41) is 8.78. The van der Waals surface area contributed by atoms with Crippen molar-refractivity contribution < 1.29 is 24.2 Å². The molecule has 1 aromatic rings. The van der Waals surface area contributed by atoms with Crippen molar-refractivity contribution in [1.82, 2.24) is 4.90 Å². The molecule has 2 aliphatic heterocycles. The fourth-order valence-corrected chi connectivity index (χ4v) is 3.70. The first-order chi connectivity index (χ1) is 11.5. The molecule has 1 fully saturated rings. The second-order valence-electron chi connectivity index (χ2n) is 6.33. The smallest absolute Gasteiger partial charge is 0.238 e. The molecule has 3 unspecified atom stereocenters. The summed E-state index contributed by atoms with van der Waals surface area (Å²) >= 11 is 0. The summed E-state index contributed by atoms with van der Waals surface area (Å²) in [5.41, 5.74) is 5.55. The first kappa shape index (κ1) is 16.7. The van der Waals surface area contributed by atoms with Crippen LogP contribution in [-0.2, 0) is 14.3 Å². The van der Waals surface area contributed by atoms with E-state index >= 15 is 0 Å². The van der Waals surface area contributed by atoms with Crippen LogP contribution in [-0.4, -0.2) is 53.9 Å². The average Bonchev–Trinajstić information content (AvgIpc) is 2.53. The number of nitrogens with two attached hydrogens (primary N) is 1. The van der Waals surface area contributed by atoms with Crippen LogP contribution in [0.25, 0.3) is 0 Å². The van der Waals surface area contributed by atoms with E-state index in [4.69, 9.17) is 20.3 Å². The lowest BCUT2D eigenvalue weighted by Crippen LogP contribution is -2.65. The van der Waals surface area contributed by atoms with Crippen molar-refractivity contribution in [3.63, 3.8) is 0 Å². The Morgan fingerprint density at radius 2 is 2.21 bits per heavy atom. The monoisotopic (exact) mass is 334 g/mol. The third-order valence-electron chi connectivity index (χ3n) is 4.75. The Labute approximate surface area is 140 Å². The van der Waals surface area contributed by atoms with Crippen molar-refractivity contribution >= 4 is 11.8 Å². The number of amides is 2. The van der Waals surface area contributed by atoms with Gasteiger partial charge in [-0.05, 0) is 18.6 Å². The number of likely N-dealkylation sites (tertiary alicyclic amines) is 1. The fourth-order valence-electron chi connectivity index (χ4n) is 3.70. The molecular weight excluding hydrogens is 312 g/mol. The molecule has 2 bridgehead atoms. The van der Waals surface area contributed by atoms with Crippen LogP contribution in [0.1, 0.15) is 24.8 Å². The van der Waals surface area contributed by atoms with Crippen molar-refractivity contribution in [1.29, 1.82) is 0 Å². The first-order valence-corrected chi connectivity index (χ1v) is 8.05. The number of carbonyl (C=O) groups is 2. The number of carbonyl (C=O) groups excluding carboxylic acids is 2. The van der Waals surface area contributed by atoms with E-state index in [1.165, 1.54) is 4.90 Å². The molecule has 1 saturated heterocycles. The van der Waals surface area contributed by atoms with Crippen LogP contribution in [0.15, 0.2) is 24.3 Å². The van der Waals surface area contributed by atoms with Crippen molar-refractivity contribution in [2.75, 3.05) is 26.4 Å². The molecule has 0 aromatic heterocycles. The number of piperidine rings is 1. The number of hydrogen-bond acceptors (Lipinski definition) is 5. The third-order valence-corrected chi connectivity index (χ3v) is 4.75. The van der Waals surface area contributed by atoms with Gasteiger partial charge in [-0.1, -0.05) is 18.2 Å². The van der Waals surface area contributed by atoms with Crippen molar-refractivity contribution in [2.24, 2.45) is 11.7 Å². The van der Waals surface area contributed by atoms with E-state index in [1.807, 2.05) is 31.2 Å². The summed E-state index contributed by atoms with van der Waals surface area (Å²) in [6, 6.07) is 7.44. The van der Waals surface area contributed by atoms with E-state index in [0.29, 0.717) is 12.2 Å². The number of ether oxygens (including phenoxy) is 2. The molecule has 0 aliphatic carbocycles. The van der Waals surface area contributed by atoms with Crippen LogP contribution in [0, 0.1) is 5.92 Å². The van der Waals surface area contributed by atoms with Gasteiger partial charge in [0, 0.05) is 18.9 Å². The Morgan fingerprint density at radius 1 is 1.46 bits per heavy atom. The van der Waals surface area contributed by atoms with Gasteiger partial charge in [-0.3, -0.25) is 9.59 Å². The number of rotatable bonds is 6. The molecule has 3 atom stereocenters. The molecule has 0 saturated carbocycles. The highest BCUT2D eigenvalue weighted by Crippen LogP contribution is 2.49. The predicted molar refractivity (Wildman–Crippen MR) is 85.1 cm³/mol. The molecule has 1 aromatic carbocycles. The Morgan fingerprint density at radius 3 is 2.92 bits per heavy atom. The number of nitrogens with zero attached hydrogens (tertiary/aromatic N) is 1. The number of benzene rings is 1. The molecule has 2 amide bonds. The highest BCUT2D eigenvalue weighted by molar-refractivity contribution is 6.01. The second kappa shape index (κ2) is 6.41. The molecule has 3 rings (SSSR count). The van der Waals surface area contributed by atoms with Crippen LogP contribution in [0.3, 0.4) is 0 Å². The number of aliphatic hydroxyl groups excluding tert-OH is 1. The molecule has 3 N–H and O–H groups in total. The van der Waals surface area contributed by atoms with Gasteiger partial charge in [0.05, 0.1) is 19.8 Å². The summed E-state index contributed by atoms with van der Waals surface area (Å²) in [6.07, 6.45) is 0.503. The minimum absolute atomic E-state index is 0.0823. The Hall–Kier alpha value is -2.12. The van der Waals surface area contributed by atoms with Gasteiger partial charge in [0.1, 0.15) is 11.7 Å². The minimum atomic E-state index is -0.902. The maximum Gasteiger partial charge on any atom is 0.238 e. The van der Waals surface area contributed by atoms with E-state index in [9.17, 15) is 9.59 Å². The van der Waals surface area contributed by atoms with Crippen molar-refractivity contribution in [3.8, 4) is 5.75 Å². The molecular formula is C17H22N2O5. The quantitative estimate of drug-likeness (QED) is 0.572. The highest BCUT2D eigenvalue weighted by Gasteiger charge is 2.55. The van der Waals surface area contributed by atoms with Crippen LogP contribution in [0.5, 0.6) is 5.75 Å². The maximum absolute atomic E-state index is 12.9. The van der Waals surface area contributed by atoms with Crippen LogP contribution in [0.4, 0.5) is 0 Å². The van der Waals surface area contributed by atoms with Gasteiger partial charge in [-0.15, -0.1) is 0 Å². The van der Waals surface area contributed by atoms with Crippen molar-refractivity contribution in [2.45, 2.75) is 25.0 Å². The van der Waals surface area contributed by atoms with Crippen LogP contribution < -0.4 is 10.5 Å². The predicted octanol–water partition coefficient (Wildman–Crippen LogP) is 0.222. The number of fused-ring (bicyclic) bond motifs is 4. The number of primary amides is 1. The molecule has 7 heteroatoms. The average molecular weight is 334 g/mol. The molecule has 2 heterocycles. The molecule has 7 nitrogen and oxygen atoms in total. The molecule has 0 spiro atoms. The summed E-state index contributed by atoms with van der Waals surface area (Å²) in [6.45, 7) is 2.49. The molecule has 2 aliphatic rings. The summed E-state index contributed by atoms with van der Waals surface area (Å²) in [7, 11) is 0. The van der Waals surface area contributed by atoms with E-state index in [1.54, 1.807) is 0 Å². The van der Waals surface area contributed by atoms with Gasteiger partial charge in [0.25, 0.3) is 0 Å². The second-order valence-corrected chi connectivity index (χ2v) is 6.33. The maximum atomic E-state index is 12.9. The molecule has 0 radical (unpaired) electrons. The lowest BCUT2D eigenvalue weighted by Gasteiger charge is -2.52. The molecule has 24 heavy (non-hydrogen) atoms. The van der Waals surface area contributed by atoms with Gasteiger partial charge in [-0.2, -0.15) is 0 Å². The normalized spacial score (nSPS) is 28.2. The Bertz CT molecular complexity index is 650. The minimum Gasteiger partial charge on any atom is -0.468 e. The van der Waals surface area contributed by atoms with E-state index in [0.717, 1.165) is 5.56 Å². The van der Waals surface area contributed by atoms with Crippen LogP contribution >= 0.6 is 0 Å². The van der Waals surface area contributed by atoms with Gasteiger partial charge in [0.15, 0.2) is 5.72 Å². The molecule has 130 valence electrons. The van der Waals surface area contributed by atoms with E-state index < -0.39 is 17.6 Å². The SMILES string of the molecule is CC12CC(c3ccccc3O1)C(C(N)=O)C(=O)N2CCOCCO. The van der Waals surface area contributed by atoms with Gasteiger partial charge >= 0.3 is 0 Å². The van der Waals surface area contributed by atoms with Gasteiger partial charge in [0.2, 0.25) is 11.8 Å². The highest BCUT2D eigenvalue weighted by atomic mass is 16.5. The summed E-state index contributed by atoms with van der Waals surface area (Å²) < 4.78 is 11.4. The summed E-state index contributed by atoms with van der Waals surface area (Å²) in [5.74, 6) is -1.45. The lowest BCUT2D eigenvalue weighted by atomic mass is 9.73. The van der Waals surface area contributed by atoms with Gasteiger partial charge in [-0.25, -0.2) is 0 Å². The standard InChI is InChI=1S/C17H22N2O5/c1-17-10-12(11-4-2-3-5-13(11)24-17)14(15(18)21)16(22)19(17)6-8-23-9-7-20/h2-5,12,14,20H,6-10H2,1H3,(H2,18,21). The number of aliphatic hydroxyl groups is 1. The zero-order valence-corrected chi connectivity index (χ0v) is 13.6. The van der Waals surface area contributed by atoms with Crippen LogP contribution in [0.2, 0.25) is 0 Å². The summed E-state index contributed by atoms with van der Waals surface area (Å²) in [4.78, 5) is 26.4. The largest absolute Gasteiger partial charge is 0.468 e. The Balaban J connectivity index is 1.93. The third kappa shape index (κ3) is 2.74. The zero-order valence-electron chi connectivity index (χ0n) is 13.6. The lowest BCUT2D eigenvalue weighted by molar-refractivity contribution is -0.177. The van der Waals surface area contributed by atoms with E-state index in [-0.39, 0.29) is 38.2 Å². The Kier molecular flexibility index (Phi) is 4.47. The first-order valence-electron chi connectivity index (χ1n) is 8.05. The zero-order chi connectivity index (χ0) is 17.3. The number of hydrogen-bond donors (Lipinski definition) is 2. The fraction of sp³-hybridized carbons (Fsp3) is 0.529. The van der Waals surface area contributed by atoms with E-state index in [2.05, 4.69) is 0 Å². The topological polar surface area (TPSA) is 102 Å². The van der Waals surface area contributed by atoms with Gasteiger partial charge < -0.3 is 25.2 Å². The van der Waals surface area contributed by atoms with Crippen molar-refractivity contribution in [3.05, 3.63) is 29.8 Å². The number of para-hydroxylation sites is 1.